The highest BCUT2D eigenvalue weighted by atomic mass is 127. The van der Waals surface area contributed by atoms with E-state index >= 15 is 0 Å². The highest BCUT2D eigenvalue weighted by molar-refractivity contribution is 14.1. The van der Waals surface area contributed by atoms with Crippen LogP contribution >= 0.6 is 22.6 Å². The quantitative estimate of drug-likeness (QED) is 0.305. The second-order valence-corrected chi connectivity index (χ2v) is 9.32. The van der Waals surface area contributed by atoms with Crippen molar-refractivity contribution in [1.82, 2.24) is 14.7 Å². The topological polar surface area (TPSA) is 139 Å². The maximum absolute atomic E-state index is 14.7. The molecule has 0 saturated heterocycles. The maximum Gasteiger partial charge on any atom is 0.300 e. The van der Waals surface area contributed by atoms with Gasteiger partial charge in [-0.05, 0) is 58.5 Å². The Kier molecular flexibility index (Phi) is 7.20. The predicted molar refractivity (Wildman–Crippen MR) is 124 cm³/mol. The van der Waals surface area contributed by atoms with Crippen LogP contribution in [0.15, 0.2) is 42.7 Å². The number of nitrogens with two attached hydrogens (primary N) is 1. The average Bonchev–Trinajstić information content (AvgIpc) is 2.73. The van der Waals surface area contributed by atoms with Crippen molar-refractivity contribution in [2.75, 3.05) is 17.1 Å². The highest BCUT2D eigenvalue weighted by Crippen LogP contribution is 2.25. The molecule has 0 aliphatic carbocycles. The minimum atomic E-state index is -3.96. The molecule has 1 aromatic carbocycles. The van der Waals surface area contributed by atoms with E-state index in [0.717, 1.165) is 7.05 Å². The Hall–Kier alpha value is -2.91. The molecular formula is C19H17F2IN6O3S. The van der Waals surface area contributed by atoms with Gasteiger partial charge >= 0.3 is 0 Å². The number of nitrogens with zero attached hydrogens (tertiary/aromatic N) is 2. The number of nitrogens with one attached hydrogen (secondary N) is 3. The number of halogens is 3. The average molecular weight is 574 g/mol. The summed E-state index contributed by atoms with van der Waals surface area (Å²) in [5.41, 5.74) is 6.16. The normalized spacial score (nSPS) is 11.2. The Balaban J connectivity index is 1.90. The van der Waals surface area contributed by atoms with E-state index < -0.39 is 33.6 Å². The van der Waals surface area contributed by atoms with Crippen molar-refractivity contribution in [2.24, 2.45) is 5.73 Å². The maximum atomic E-state index is 14.7. The van der Waals surface area contributed by atoms with Crippen molar-refractivity contribution in [3.63, 3.8) is 0 Å². The second kappa shape index (κ2) is 9.70. The Morgan fingerprint density at radius 1 is 1.16 bits per heavy atom. The van der Waals surface area contributed by atoms with Crippen LogP contribution in [0.5, 0.6) is 0 Å². The minimum absolute atomic E-state index is 0.0264. The van der Waals surface area contributed by atoms with Crippen molar-refractivity contribution in [3.8, 4) is 0 Å². The molecule has 5 N–H and O–H groups in total. The molecule has 2 heterocycles. The van der Waals surface area contributed by atoms with Gasteiger partial charge < -0.3 is 11.1 Å². The largest absolute Gasteiger partial charge is 0.366 e. The molecule has 32 heavy (non-hydrogen) atoms. The third-order valence-electron chi connectivity index (χ3n) is 4.27. The van der Waals surface area contributed by atoms with Crippen molar-refractivity contribution < 1.29 is 22.0 Å². The number of anilines is 3. The zero-order chi connectivity index (χ0) is 23.5. The van der Waals surface area contributed by atoms with E-state index in [1.165, 1.54) is 36.7 Å². The lowest BCUT2D eigenvalue weighted by Crippen LogP contribution is -2.27. The van der Waals surface area contributed by atoms with Crippen LogP contribution in [0.3, 0.4) is 0 Å². The summed E-state index contributed by atoms with van der Waals surface area (Å²) >= 11 is 1.97. The van der Waals surface area contributed by atoms with Gasteiger partial charge in [0.15, 0.2) is 11.6 Å². The van der Waals surface area contributed by atoms with Crippen LogP contribution in [-0.4, -0.2) is 31.3 Å². The van der Waals surface area contributed by atoms with Gasteiger partial charge in [-0.1, -0.05) is 0 Å². The number of benzene rings is 1. The standard InChI is InChI=1S/C19H17F2IN6O3S/c1-24-32(30,31)28-19-17(21)10(4-5-25-19)6-12-8-13(18(23)29)16(9-26-12)27-15-3-2-11(22)7-14(15)20/h2-5,7-9,24,27H,6H2,1H3,(H2,23,29)(H,25,28). The number of hydrogen-bond acceptors (Lipinski definition) is 6. The predicted octanol–water partition coefficient (Wildman–Crippen LogP) is 2.67. The van der Waals surface area contributed by atoms with Crippen LogP contribution in [0.25, 0.3) is 0 Å². The van der Waals surface area contributed by atoms with Crippen LogP contribution in [0.4, 0.5) is 26.0 Å². The van der Waals surface area contributed by atoms with E-state index in [2.05, 4.69) is 15.3 Å². The van der Waals surface area contributed by atoms with E-state index in [0.29, 0.717) is 3.57 Å². The first kappa shape index (κ1) is 23.7. The lowest BCUT2D eigenvalue weighted by molar-refractivity contribution is 0.100. The highest BCUT2D eigenvalue weighted by Gasteiger charge is 2.17. The summed E-state index contributed by atoms with van der Waals surface area (Å²) in [5, 5.41) is 2.78. The van der Waals surface area contributed by atoms with Gasteiger partial charge in [0.25, 0.3) is 16.1 Å². The van der Waals surface area contributed by atoms with Gasteiger partial charge in [0.05, 0.1) is 23.1 Å². The van der Waals surface area contributed by atoms with E-state index in [9.17, 15) is 22.0 Å². The molecule has 0 radical (unpaired) electrons. The second-order valence-electron chi connectivity index (χ2n) is 6.45. The van der Waals surface area contributed by atoms with E-state index in [4.69, 9.17) is 5.73 Å². The van der Waals surface area contributed by atoms with Crippen LogP contribution in [-0.2, 0) is 16.6 Å². The molecule has 13 heteroatoms. The lowest BCUT2D eigenvalue weighted by Gasteiger charge is -2.13. The fourth-order valence-corrected chi connectivity index (χ4v) is 3.65. The molecule has 0 aliphatic heterocycles. The summed E-state index contributed by atoms with van der Waals surface area (Å²) in [6, 6.07) is 7.22. The van der Waals surface area contributed by atoms with Gasteiger partial charge in [-0.15, -0.1) is 0 Å². The Morgan fingerprint density at radius 3 is 2.56 bits per heavy atom. The van der Waals surface area contributed by atoms with Crippen LogP contribution in [0.1, 0.15) is 21.6 Å². The van der Waals surface area contributed by atoms with Gasteiger partial charge in [-0.25, -0.2) is 18.5 Å². The summed E-state index contributed by atoms with van der Waals surface area (Å²) < 4.78 is 56.8. The van der Waals surface area contributed by atoms with E-state index in [1.54, 1.807) is 6.07 Å². The smallest absolute Gasteiger partial charge is 0.300 e. The number of carbonyl (C=O) groups is 1. The van der Waals surface area contributed by atoms with Crippen molar-refractivity contribution in [1.29, 1.82) is 0 Å². The number of rotatable bonds is 8. The third-order valence-corrected chi connectivity index (χ3v) is 5.94. The summed E-state index contributed by atoms with van der Waals surface area (Å²) in [4.78, 5) is 19.8. The molecular weight excluding hydrogens is 557 g/mol. The first-order chi connectivity index (χ1) is 15.1. The number of carbonyl (C=O) groups excluding carboxylic acids is 1. The van der Waals surface area contributed by atoms with E-state index in [-0.39, 0.29) is 34.6 Å². The van der Waals surface area contributed by atoms with E-state index in [1.807, 2.05) is 32.0 Å². The molecule has 1 amide bonds. The van der Waals surface area contributed by atoms with Crippen molar-refractivity contribution in [3.05, 3.63) is 74.8 Å². The fourth-order valence-electron chi connectivity index (χ4n) is 2.70. The molecule has 0 saturated carbocycles. The lowest BCUT2D eigenvalue weighted by atomic mass is 10.1. The number of hydrogen-bond donors (Lipinski definition) is 4. The molecule has 0 bridgehead atoms. The molecule has 2 aromatic heterocycles. The molecule has 3 rings (SSSR count). The molecule has 9 nitrogen and oxygen atoms in total. The van der Waals surface area contributed by atoms with Gasteiger partial charge in [0.2, 0.25) is 0 Å². The molecule has 0 aliphatic rings. The van der Waals surface area contributed by atoms with Gasteiger partial charge in [0, 0.05) is 28.9 Å². The summed E-state index contributed by atoms with van der Waals surface area (Å²) in [5.74, 6) is -2.69. The first-order valence-corrected chi connectivity index (χ1v) is 11.5. The third kappa shape index (κ3) is 5.66. The molecule has 0 unspecified atom stereocenters. The Bertz CT molecular complexity index is 1290. The summed E-state index contributed by atoms with van der Waals surface area (Å²) in [6.45, 7) is 0. The molecule has 3 aromatic rings. The number of amides is 1. The zero-order valence-corrected chi connectivity index (χ0v) is 19.5. The minimum Gasteiger partial charge on any atom is -0.366 e. The van der Waals surface area contributed by atoms with Crippen molar-refractivity contribution in [2.45, 2.75) is 6.42 Å². The van der Waals surface area contributed by atoms with Gasteiger partial charge in [-0.3, -0.25) is 14.5 Å². The van der Waals surface area contributed by atoms with Crippen LogP contribution < -0.4 is 20.5 Å². The SMILES string of the molecule is CNS(=O)(=O)Nc1nccc(Cc2cc(C(N)=O)c(Nc3ccc(I)cc3F)cn2)c1F. The first-order valence-electron chi connectivity index (χ1n) is 8.95. The molecule has 0 spiro atoms. The number of pyridine rings is 2. The zero-order valence-electron chi connectivity index (χ0n) is 16.5. The summed E-state index contributed by atoms with van der Waals surface area (Å²) in [7, 11) is -2.80. The Labute approximate surface area is 196 Å². The monoisotopic (exact) mass is 574 g/mol. The van der Waals surface area contributed by atoms with Crippen LogP contribution in [0, 0.1) is 15.2 Å². The Morgan fingerprint density at radius 2 is 1.91 bits per heavy atom. The number of aromatic nitrogens is 2. The molecule has 168 valence electrons. The fraction of sp³-hybridized carbons (Fsp3) is 0.105. The van der Waals surface area contributed by atoms with Gasteiger partial charge in [0.1, 0.15) is 5.82 Å². The molecule has 0 atom stereocenters. The number of primary amides is 1. The van der Waals surface area contributed by atoms with Crippen molar-refractivity contribution >= 4 is 55.9 Å². The summed E-state index contributed by atoms with van der Waals surface area (Å²) in [6.07, 6.45) is 2.44. The molecule has 0 fully saturated rings. The van der Waals surface area contributed by atoms with Crippen LogP contribution in [0.2, 0.25) is 0 Å². The van der Waals surface area contributed by atoms with Gasteiger partial charge in [-0.2, -0.15) is 8.42 Å².